The fourth-order valence-electron chi connectivity index (χ4n) is 0.903. The van der Waals surface area contributed by atoms with Crippen molar-refractivity contribution in [2.75, 3.05) is 14.1 Å². The third-order valence-electron chi connectivity index (χ3n) is 2.57. The molecule has 1 aromatic rings. The molecule has 0 aliphatic rings. The molecule has 0 heterocycles. The van der Waals surface area contributed by atoms with E-state index in [0.717, 1.165) is 0 Å². The molecule has 0 bridgehead atoms. The Morgan fingerprint density at radius 2 is 1.73 bits per heavy atom. The van der Waals surface area contributed by atoms with Crippen LogP contribution in [0.25, 0.3) is 0 Å². The molecule has 0 atom stereocenters. The van der Waals surface area contributed by atoms with Crippen molar-refractivity contribution >= 4 is 5.97 Å². The number of likely N-dealkylation sites (N-methyl/N-ethyl adjacent to an activating group) is 1. The molecule has 0 aliphatic carbocycles. The molecule has 0 aliphatic heterocycles. The van der Waals surface area contributed by atoms with Crippen molar-refractivity contribution in [2.45, 2.75) is 19.4 Å². The average molecular weight is 207 g/mol. The molecule has 0 unspecified atom stereocenters. The van der Waals surface area contributed by atoms with Crippen molar-refractivity contribution in [3.05, 3.63) is 30.3 Å². The number of para-hydroxylation sites is 1. The normalized spacial score (nSPS) is 11.5. The summed E-state index contributed by atoms with van der Waals surface area (Å²) in [6.07, 6.45) is 0. The molecule has 0 N–H and O–H groups in total. The van der Waals surface area contributed by atoms with Gasteiger partial charge in [-0.3, -0.25) is 4.90 Å². The molecule has 82 valence electrons. The quantitative estimate of drug-likeness (QED) is 0.560. The van der Waals surface area contributed by atoms with Crippen LogP contribution >= 0.6 is 0 Å². The summed E-state index contributed by atoms with van der Waals surface area (Å²) >= 11 is 0. The standard InChI is InChI=1S/C12H17NO2/c1-12(2,13(3)4)11(14)15-10-8-6-5-7-9-10/h5-9H,1-4H3. The molecular formula is C12H17NO2. The highest BCUT2D eigenvalue weighted by atomic mass is 16.5. The minimum absolute atomic E-state index is 0.251. The maximum atomic E-state index is 11.8. The van der Waals surface area contributed by atoms with Gasteiger partial charge >= 0.3 is 5.97 Å². The second-order valence-corrected chi connectivity index (χ2v) is 4.16. The lowest BCUT2D eigenvalue weighted by atomic mass is 10.1. The van der Waals surface area contributed by atoms with Gasteiger partial charge in [-0.05, 0) is 40.1 Å². The number of rotatable bonds is 3. The Labute approximate surface area is 90.7 Å². The largest absolute Gasteiger partial charge is 0.425 e. The van der Waals surface area contributed by atoms with Crippen LogP contribution in [0.1, 0.15) is 13.8 Å². The Balaban J connectivity index is 2.72. The van der Waals surface area contributed by atoms with E-state index < -0.39 is 5.54 Å². The van der Waals surface area contributed by atoms with E-state index in [2.05, 4.69) is 0 Å². The fraction of sp³-hybridized carbons (Fsp3) is 0.417. The molecule has 3 heteroatoms. The number of nitrogens with zero attached hydrogens (tertiary/aromatic N) is 1. The average Bonchev–Trinajstić information content (AvgIpc) is 2.18. The van der Waals surface area contributed by atoms with E-state index in [4.69, 9.17) is 4.74 Å². The number of esters is 1. The number of ether oxygens (including phenoxy) is 1. The number of hydrogen-bond donors (Lipinski definition) is 0. The topological polar surface area (TPSA) is 29.5 Å². The first-order valence-electron chi connectivity index (χ1n) is 4.89. The summed E-state index contributed by atoms with van der Waals surface area (Å²) < 4.78 is 5.26. The molecule has 0 aromatic heterocycles. The smallest absolute Gasteiger partial charge is 0.331 e. The molecule has 1 aromatic carbocycles. The van der Waals surface area contributed by atoms with E-state index in [-0.39, 0.29) is 5.97 Å². The maximum Gasteiger partial charge on any atom is 0.331 e. The third kappa shape index (κ3) is 2.80. The SMILES string of the molecule is CN(C)C(C)(C)C(=O)Oc1ccccc1. The Morgan fingerprint density at radius 1 is 1.20 bits per heavy atom. The van der Waals surface area contributed by atoms with Gasteiger partial charge in [-0.2, -0.15) is 0 Å². The summed E-state index contributed by atoms with van der Waals surface area (Å²) in [5, 5.41) is 0. The molecule has 15 heavy (non-hydrogen) atoms. The number of hydrogen-bond acceptors (Lipinski definition) is 3. The Morgan fingerprint density at radius 3 is 2.20 bits per heavy atom. The second kappa shape index (κ2) is 4.45. The fourth-order valence-corrected chi connectivity index (χ4v) is 0.903. The van der Waals surface area contributed by atoms with Crippen molar-refractivity contribution in [1.82, 2.24) is 4.90 Å². The number of carbonyl (C=O) groups excluding carboxylic acids is 1. The zero-order chi connectivity index (χ0) is 11.5. The van der Waals surface area contributed by atoms with E-state index in [1.807, 2.05) is 51.0 Å². The van der Waals surface area contributed by atoms with Crippen LogP contribution in [0, 0.1) is 0 Å². The van der Waals surface area contributed by atoms with Crippen LogP contribution in [0.5, 0.6) is 5.75 Å². The summed E-state index contributed by atoms with van der Waals surface area (Å²) in [5.41, 5.74) is -0.615. The monoisotopic (exact) mass is 207 g/mol. The Hall–Kier alpha value is -1.35. The highest BCUT2D eigenvalue weighted by molar-refractivity contribution is 5.81. The van der Waals surface area contributed by atoms with Gasteiger partial charge in [0.2, 0.25) is 0 Å². The van der Waals surface area contributed by atoms with Crippen LogP contribution in [0.2, 0.25) is 0 Å². The van der Waals surface area contributed by atoms with Gasteiger partial charge in [0.15, 0.2) is 0 Å². The van der Waals surface area contributed by atoms with E-state index in [1.54, 1.807) is 12.1 Å². The highest BCUT2D eigenvalue weighted by Crippen LogP contribution is 2.16. The van der Waals surface area contributed by atoms with E-state index in [0.29, 0.717) is 5.75 Å². The molecule has 0 radical (unpaired) electrons. The number of carbonyl (C=O) groups is 1. The molecule has 0 fully saturated rings. The lowest BCUT2D eigenvalue weighted by Crippen LogP contribution is -2.48. The van der Waals surface area contributed by atoms with Gasteiger partial charge < -0.3 is 4.74 Å². The van der Waals surface area contributed by atoms with Crippen molar-refractivity contribution in [3.63, 3.8) is 0 Å². The van der Waals surface area contributed by atoms with Crippen LogP contribution < -0.4 is 4.74 Å². The first-order chi connectivity index (χ1) is 6.94. The van der Waals surface area contributed by atoms with E-state index in [1.165, 1.54) is 0 Å². The van der Waals surface area contributed by atoms with Gasteiger partial charge in [0.25, 0.3) is 0 Å². The predicted molar refractivity (Wildman–Crippen MR) is 59.8 cm³/mol. The minimum Gasteiger partial charge on any atom is -0.425 e. The van der Waals surface area contributed by atoms with E-state index in [9.17, 15) is 4.79 Å². The molecular weight excluding hydrogens is 190 g/mol. The van der Waals surface area contributed by atoms with Crippen molar-refractivity contribution in [3.8, 4) is 5.75 Å². The van der Waals surface area contributed by atoms with Crippen molar-refractivity contribution in [2.24, 2.45) is 0 Å². The zero-order valence-corrected chi connectivity index (χ0v) is 9.65. The van der Waals surface area contributed by atoms with Crippen LogP contribution in [-0.4, -0.2) is 30.5 Å². The lowest BCUT2D eigenvalue weighted by molar-refractivity contribution is -0.144. The second-order valence-electron chi connectivity index (χ2n) is 4.16. The Bertz CT molecular complexity index is 331. The zero-order valence-electron chi connectivity index (χ0n) is 9.65. The summed E-state index contributed by atoms with van der Waals surface area (Å²) in [6.45, 7) is 3.66. The molecule has 0 saturated heterocycles. The van der Waals surface area contributed by atoms with Gasteiger partial charge in [0.05, 0.1) is 0 Å². The molecule has 0 saturated carbocycles. The summed E-state index contributed by atoms with van der Waals surface area (Å²) in [5.74, 6) is 0.330. The lowest BCUT2D eigenvalue weighted by Gasteiger charge is -2.29. The summed E-state index contributed by atoms with van der Waals surface area (Å²) in [4.78, 5) is 13.6. The summed E-state index contributed by atoms with van der Waals surface area (Å²) in [6, 6.07) is 9.10. The van der Waals surface area contributed by atoms with Crippen LogP contribution in [-0.2, 0) is 4.79 Å². The molecule has 0 amide bonds. The first-order valence-corrected chi connectivity index (χ1v) is 4.89. The Kier molecular flexibility index (Phi) is 3.48. The van der Waals surface area contributed by atoms with Crippen molar-refractivity contribution < 1.29 is 9.53 Å². The van der Waals surface area contributed by atoms with Crippen LogP contribution in [0.3, 0.4) is 0 Å². The molecule has 0 spiro atoms. The maximum absolute atomic E-state index is 11.8. The van der Waals surface area contributed by atoms with Crippen LogP contribution in [0.15, 0.2) is 30.3 Å². The van der Waals surface area contributed by atoms with Gasteiger partial charge in [0, 0.05) is 0 Å². The predicted octanol–water partition coefficient (Wildman–Crippen LogP) is 1.93. The first kappa shape index (κ1) is 11.7. The number of benzene rings is 1. The van der Waals surface area contributed by atoms with Gasteiger partial charge in [0.1, 0.15) is 11.3 Å². The summed E-state index contributed by atoms with van der Waals surface area (Å²) in [7, 11) is 3.71. The molecule has 1 rings (SSSR count). The van der Waals surface area contributed by atoms with Gasteiger partial charge in [-0.25, -0.2) is 4.79 Å². The van der Waals surface area contributed by atoms with Crippen LogP contribution in [0.4, 0.5) is 0 Å². The molecule has 3 nitrogen and oxygen atoms in total. The highest BCUT2D eigenvalue weighted by Gasteiger charge is 2.32. The van der Waals surface area contributed by atoms with Gasteiger partial charge in [-0.15, -0.1) is 0 Å². The third-order valence-corrected chi connectivity index (χ3v) is 2.57. The van der Waals surface area contributed by atoms with Gasteiger partial charge in [-0.1, -0.05) is 18.2 Å². The minimum atomic E-state index is -0.615. The van der Waals surface area contributed by atoms with Crippen molar-refractivity contribution in [1.29, 1.82) is 0 Å². The van der Waals surface area contributed by atoms with E-state index >= 15 is 0 Å².